The minimum Gasteiger partial charge on any atom is -0.367 e. The Bertz CT molecular complexity index is 1140. The van der Waals surface area contributed by atoms with Gasteiger partial charge < -0.3 is 4.74 Å². The van der Waals surface area contributed by atoms with Crippen molar-refractivity contribution in [2.45, 2.75) is 32.4 Å². The van der Waals surface area contributed by atoms with Crippen LogP contribution in [0.3, 0.4) is 0 Å². The maximum atomic E-state index is 13.1. The number of aryl methyl sites for hydroxylation is 1. The van der Waals surface area contributed by atoms with E-state index in [1.807, 2.05) is 0 Å². The second kappa shape index (κ2) is 9.76. The topological polar surface area (TPSA) is 126 Å². The Balaban J connectivity index is 1.80. The van der Waals surface area contributed by atoms with E-state index >= 15 is 0 Å². The van der Waals surface area contributed by atoms with Gasteiger partial charge in [0.05, 0.1) is 24.4 Å². The molecule has 16 heteroatoms. The van der Waals surface area contributed by atoms with Crippen molar-refractivity contribution in [3.05, 3.63) is 53.4 Å². The van der Waals surface area contributed by atoms with E-state index in [1.165, 1.54) is 17.8 Å². The lowest BCUT2D eigenvalue weighted by atomic mass is 10.1. The zero-order valence-corrected chi connectivity index (χ0v) is 16.9. The second-order valence-corrected chi connectivity index (χ2v) is 6.42. The molecule has 3 aromatic heterocycles. The van der Waals surface area contributed by atoms with Crippen molar-refractivity contribution in [1.82, 2.24) is 40.0 Å². The Hall–Kier alpha value is -3.82. The van der Waals surface area contributed by atoms with Crippen LogP contribution in [0.25, 0.3) is 0 Å². The minimum atomic E-state index is -4.77. The van der Waals surface area contributed by atoms with Gasteiger partial charge in [-0.15, -0.1) is 6.58 Å². The molecule has 3 aromatic rings. The summed E-state index contributed by atoms with van der Waals surface area (Å²) in [6.07, 6.45) is -6.17. The van der Waals surface area contributed by atoms with Crippen LogP contribution in [0.15, 0.2) is 24.8 Å². The third kappa shape index (κ3) is 5.71. The molecule has 0 aliphatic heterocycles. The largest absolute Gasteiger partial charge is 0.433 e. The Morgan fingerprint density at radius 3 is 2.67 bits per heavy atom. The summed E-state index contributed by atoms with van der Waals surface area (Å²) in [5.74, 6) is -1.62. The van der Waals surface area contributed by atoms with Gasteiger partial charge in [0, 0.05) is 7.05 Å². The summed E-state index contributed by atoms with van der Waals surface area (Å²) in [4.78, 5) is 19.8. The van der Waals surface area contributed by atoms with Gasteiger partial charge in [-0.3, -0.25) is 10.1 Å². The molecule has 3 heterocycles. The molecule has 0 saturated carbocycles. The molecular formula is C17H16F5N9O2. The predicted octanol–water partition coefficient (Wildman–Crippen LogP) is 2.31. The number of nitrogens with one attached hydrogen (secondary N) is 1. The van der Waals surface area contributed by atoms with Crippen LogP contribution in [-0.2, 0) is 37.7 Å². The molecule has 0 unspecified atom stereocenters. The van der Waals surface area contributed by atoms with E-state index in [0.29, 0.717) is 6.07 Å². The van der Waals surface area contributed by atoms with Crippen molar-refractivity contribution in [3.8, 4) is 0 Å². The lowest BCUT2D eigenvalue weighted by Gasteiger charge is -2.12. The van der Waals surface area contributed by atoms with Crippen LogP contribution in [0, 0.1) is 0 Å². The molecule has 0 saturated heterocycles. The van der Waals surface area contributed by atoms with Gasteiger partial charge in [-0.25, -0.2) is 28.1 Å². The molecule has 0 atom stereocenters. The number of rotatable bonds is 9. The highest BCUT2D eigenvalue weighted by atomic mass is 19.4. The molecule has 0 spiro atoms. The molecule has 1 amide bonds. The van der Waals surface area contributed by atoms with E-state index in [2.05, 4.69) is 42.5 Å². The average molecular weight is 473 g/mol. The molecule has 0 aromatic carbocycles. The Labute approximate surface area is 182 Å². The first-order chi connectivity index (χ1) is 15.6. The molecule has 0 radical (unpaired) electrons. The van der Waals surface area contributed by atoms with Gasteiger partial charge in [0.25, 0.3) is 12.3 Å². The molecule has 0 aliphatic carbocycles. The Morgan fingerprint density at radius 2 is 2.03 bits per heavy atom. The summed E-state index contributed by atoms with van der Waals surface area (Å²) in [5.41, 5.74) is -1.83. The maximum Gasteiger partial charge on any atom is 0.433 e. The van der Waals surface area contributed by atoms with Crippen molar-refractivity contribution < 1.29 is 31.5 Å². The molecule has 0 aliphatic rings. The van der Waals surface area contributed by atoms with Gasteiger partial charge in [0.15, 0.2) is 11.6 Å². The fourth-order valence-electron chi connectivity index (χ4n) is 2.63. The van der Waals surface area contributed by atoms with Crippen LogP contribution in [0.1, 0.15) is 39.8 Å². The van der Waals surface area contributed by atoms with Crippen LogP contribution in [0.5, 0.6) is 0 Å². The molecule has 176 valence electrons. The highest BCUT2D eigenvalue weighted by Gasteiger charge is 2.33. The van der Waals surface area contributed by atoms with Crippen molar-refractivity contribution in [2.24, 2.45) is 7.05 Å². The third-order valence-electron chi connectivity index (χ3n) is 4.07. The number of carbonyl (C=O) groups is 1. The first kappa shape index (κ1) is 23.8. The smallest absolute Gasteiger partial charge is 0.367 e. The van der Waals surface area contributed by atoms with Gasteiger partial charge in [-0.1, -0.05) is 11.2 Å². The van der Waals surface area contributed by atoms with Gasteiger partial charge >= 0.3 is 6.18 Å². The number of amides is 1. The summed E-state index contributed by atoms with van der Waals surface area (Å²) in [6.45, 7) is 2.72. The first-order valence-corrected chi connectivity index (χ1v) is 9.11. The number of nitrogens with zero attached hydrogens (tertiary/aromatic N) is 8. The number of hydrogen-bond acceptors (Lipinski definition) is 8. The number of halogens is 5. The van der Waals surface area contributed by atoms with Crippen LogP contribution in [0.4, 0.5) is 27.9 Å². The number of hydrogen-bond donors (Lipinski definition) is 1. The zero-order valence-electron chi connectivity index (χ0n) is 16.9. The van der Waals surface area contributed by atoms with Crippen molar-refractivity contribution in [1.29, 1.82) is 0 Å². The van der Waals surface area contributed by atoms with Gasteiger partial charge in [0.1, 0.15) is 12.3 Å². The monoisotopic (exact) mass is 473 g/mol. The van der Waals surface area contributed by atoms with E-state index < -0.39 is 43.2 Å². The quantitative estimate of drug-likeness (QED) is 0.371. The summed E-state index contributed by atoms with van der Waals surface area (Å²) in [5, 5.41) is 16.8. The molecule has 1 N–H and O–H groups in total. The number of aromatic nitrogens is 8. The molecule has 0 fully saturated rings. The van der Waals surface area contributed by atoms with E-state index in [-0.39, 0.29) is 29.6 Å². The van der Waals surface area contributed by atoms with Gasteiger partial charge in [0.2, 0.25) is 5.95 Å². The van der Waals surface area contributed by atoms with E-state index in [9.17, 15) is 26.7 Å². The molecule has 33 heavy (non-hydrogen) atoms. The summed E-state index contributed by atoms with van der Waals surface area (Å²) in [7, 11) is 1.26. The normalized spacial score (nSPS) is 11.7. The number of anilines is 1. The maximum absolute atomic E-state index is 13.1. The van der Waals surface area contributed by atoms with E-state index in [0.717, 1.165) is 10.7 Å². The Kier molecular flexibility index (Phi) is 7.05. The number of alkyl halides is 5. The zero-order chi connectivity index (χ0) is 24.2. The SMILES string of the molecule is C=CCn1nnnc1NC(=O)c1ccc(C(F)(F)F)nc1COCc1nc(C(F)F)n(C)n1. The predicted molar refractivity (Wildman–Crippen MR) is 99.7 cm³/mol. The fourth-order valence-corrected chi connectivity index (χ4v) is 2.63. The highest BCUT2D eigenvalue weighted by Crippen LogP contribution is 2.28. The van der Waals surface area contributed by atoms with Crippen LogP contribution < -0.4 is 5.32 Å². The fraction of sp³-hybridized carbons (Fsp3) is 0.353. The third-order valence-corrected chi connectivity index (χ3v) is 4.07. The number of carbonyl (C=O) groups excluding carboxylic acids is 1. The van der Waals surface area contributed by atoms with Crippen LogP contribution >= 0.6 is 0 Å². The number of ether oxygens (including phenoxy) is 1. The first-order valence-electron chi connectivity index (χ1n) is 9.11. The molecule has 0 bridgehead atoms. The Morgan fingerprint density at radius 1 is 1.27 bits per heavy atom. The van der Waals surface area contributed by atoms with Gasteiger partial charge in [-0.05, 0) is 22.6 Å². The number of tetrazole rings is 1. The van der Waals surface area contributed by atoms with Crippen LogP contribution in [-0.4, -0.2) is 45.9 Å². The van der Waals surface area contributed by atoms with E-state index in [1.54, 1.807) is 0 Å². The van der Waals surface area contributed by atoms with Crippen LogP contribution in [0.2, 0.25) is 0 Å². The van der Waals surface area contributed by atoms with E-state index in [4.69, 9.17) is 4.74 Å². The minimum absolute atomic E-state index is 0.0659. The molecule has 3 rings (SSSR count). The standard InChI is InChI=1S/C17H16F5N9O2/c1-3-6-31-16(26-28-29-31)25-15(32)9-4-5-11(17(20,21)22)23-10(9)7-33-8-12-24-14(13(18)19)30(2)27-12/h3-5,13H,1,6-8H2,2H3,(H,25,26,29,32). The average Bonchev–Trinajstić information content (AvgIpc) is 3.33. The van der Waals surface area contributed by atoms with Crippen molar-refractivity contribution in [3.63, 3.8) is 0 Å². The lowest BCUT2D eigenvalue weighted by Crippen LogP contribution is -2.20. The number of allylic oxidation sites excluding steroid dienone is 1. The molecular weight excluding hydrogens is 457 g/mol. The van der Waals surface area contributed by atoms with Gasteiger partial charge in [-0.2, -0.15) is 18.3 Å². The van der Waals surface area contributed by atoms with Crippen molar-refractivity contribution >= 4 is 11.9 Å². The lowest BCUT2D eigenvalue weighted by molar-refractivity contribution is -0.141. The number of pyridine rings is 1. The summed E-state index contributed by atoms with van der Waals surface area (Å²) in [6, 6.07) is 1.57. The second-order valence-electron chi connectivity index (χ2n) is 6.42. The van der Waals surface area contributed by atoms with Crippen molar-refractivity contribution in [2.75, 3.05) is 5.32 Å². The summed E-state index contributed by atoms with van der Waals surface area (Å²) < 4.78 is 72.3. The summed E-state index contributed by atoms with van der Waals surface area (Å²) >= 11 is 0. The highest BCUT2D eigenvalue weighted by molar-refractivity contribution is 6.04. The molecule has 11 nitrogen and oxygen atoms in total.